The van der Waals surface area contributed by atoms with Gasteiger partial charge in [-0.15, -0.1) is 0 Å². The highest BCUT2D eigenvalue weighted by Gasteiger charge is 2.27. The fourth-order valence-electron chi connectivity index (χ4n) is 18.4. The molecule has 2 heteroatoms. The Labute approximate surface area is 584 Å². The summed E-state index contributed by atoms with van der Waals surface area (Å²) in [6.45, 7) is 0. The van der Waals surface area contributed by atoms with E-state index in [1.54, 1.807) is 0 Å². The van der Waals surface area contributed by atoms with Gasteiger partial charge in [0.2, 0.25) is 0 Å². The van der Waals surface area contributed by atoms with Crippen molar-refractivity contribution in [1.29, 1.82) is 0 Å². The van der Waals surface area contributed by atoms with Crippen LogP contribution in [0.3, 0.4) is 0 Å². The summed E-state index contributed by atoms with van der Waals surface area (Å²) in [5, 5.41) is 36.1. The van der Waals surface area contributed by atoms with Gasteiger partial charge >= 0.3 is 0 Å². The van der Waals surface area contributed by atoms with Gasteiger partial charge in [-0.3, -0.25) is 0 Å². The maximum Gasteiger partial charge on any atom is 0.143 e. The van der Waals surface area contributed by atoms with Crippen LogP contribution in [0, 0.1) is 0 Å². The van der Waals surface area contributed by atoms with Crippen molar-refractivity contribution >= 4 is 184 Å². The fourth-order valence-corrected chi connectivity index (χ4v) is 18.4. The first-order chi connectivity index (χ1) is 50.6. The summed E-state index contributed by atoms with van der Waals surface area (Å²) >= 11 is 0. The van der Waals surface area contributed by atoms with Crippen LogP contribution in [-0.4, -0.2) is 0 Å². The zero-order valence-corrected chi connectivity index (χ0v) is 55.1. The van der Waals surface area contributed by atoms with E-state index < -0.39 is 0 Å². The number of fused-ring (bicyclic) bond motifs is 26. The molecular formula is C100H56O2. The van der Waals surface area contributed by atoms with Crippen molar-refractivity contribution in [1.82, 2.24) is 0 Å². The van der Waals surface area contributed by atoms with Gasteiger partial charge in [0.05, 0.1) is 0 Å². The summed E-state index contributed by atoms with van der Waals surface area (Å²) in [4.78, 5) is 0. The second-order valence-electron chi connectivity index (χ2n) is 27.9. The van der Waals surface area contributed by atoms with Gasteiger partial charge in [-0.1, -0.05) is 285 Å². The molecule has 0 radical (unpaired) electrons. The van der Waals surface area contributed by atoms with Gasteiger partial charge < -0.3 is 8.83 Å². The lowest BCUT2D eigenvalue weighted by Crippen LogP contribution is -1.94. The quantitative estimate of drug-likeness (QED) is 0.127. The van der Waals surface area contributed by atoms with E-state index in [1.807, 2.05) is 0 Å². The van der Waals surface area contributed by atoms with Crippen LogP contribution in [0.15, 0.2) is 349 Å². The van der Waals surface area contributed by atoms with Crippen LogP contribution in [0.1, 0.15) is 0 Å². The summed E-state index contributed by atoms with van der Waals surface area (Å²) < 4.78 is 14.2. The average Bonchev–Trinajstić information content (AvgIpc) is 1.19. The molecule has 2 aromatic heterocycles. The molecule has 0 fully saturated rings. The molecule has 0 atom stereocenters. The molecule has 0 saturated heterocycles. The number of rotatable bonds is 5. The zero-order chi connectivity index (χ0) is 66.4. The van der Waals surface area contributed by atoms with Crippen LogP contribution in [0.2, 0.25) is 0 Å². The minimum Gasteiger partial charge on any atom is -0.456 e. The van der Waals surface area contributed by atoms with Gasteiger partial charge in [0.1, 0.15) is 22.3 Å². The third kappa shape index (κ3) is 7.78. The van der Waals surface area contributed by atoms with Crippen molar-refractivity contribution in [2.75, 3.05) is 0 Å². The topological polar surface area (TPSA) is 26.3 Å². The van der Waals surface area contributed by atoms with Crippen molar-refractivity contribution in [3.8, 4) is 55.6 Å². The minimum atomic E-state index is 0.867. The molecule has 23 rings (SSSR count). The SMILES string of the molecule is c1ccc2cc3c(cc2c1)oc1cccc(-c2c4ccccc4c(-c4cc5c6ccccc6c6cc(-c7ccc(-c8c9ccccc9c(-c9ccc%10c%11ccccc%11c%11ccccc%11c%10c9)c9ccccc89)c8c7oc7cc9ccccc9cc78)ccc6c5c5ccccc45)c4ccccc24)c13. The molecule has 102 heavy (non-hydrogen) atoms. The molecule has 0 aliphatic carbocycles. The maximum absolute atomic E-state index is 7.45. The van der Waals surface area contributed by atoms with E-state index in [0.717, 1.165) is 66.0 Å². The molecule has 0 aliphatic rings. The van der Waals surface area contributed by atoms with E-state index >= 15 is 0 Å². The van der Waals surface area contributed by atoms with Crippen LogP contribution in [0.4, 0.5) is 0 Å². The van der Waals surface area contributed by atoms with Crippen molar-refractivity contribution in [3.63, 3.8) is 0 Å². The van der Waals surface area contributed by atoms with Crippen molar-refractivity contribution in [2.24, 2.45) is 0 Å². The Morgan fingerprint density at radius 2 is 0.500 bits per heavy atom. The molecule has 0 bridgehead atoms. The summed E-state index contributed by atoms with van der Waals surface area (Å²) in [5.74, 6) is 0. The molecule has 2 nitrogen and oxygen atoms in total. The van der Waals surface area contributed by atoms with E-state index in [9.17, 15) is 0 Å². The Hall–Kier alpha value is -13.4. The predicted octanol–water partition coefficient (Wildman–Crippen LogP) is 28.8. The first-order valence-electron chi connectivity index (χ1n) is 35.4. The monoisotopic (exact) mass is 1290 g/mol. The van der Waals surface area contributed by atoms with Gasteiger partial charge in [0, 0.05) is 27.1 Å². The first-order valence-corrected chi connectivity index (χ1v) is 35.4. The van der Waals surface area contributed by atoms with Crippen LogP contribution in [0.25, 0.3) is 240 Å². The van der Waals surface area contributed by atoms with Crippen molar-refractivity contribution in [2.45, 2.75) is 0 Å². The van der Waals surface area contributed by atoms with Gasteiger partial charge in [-0.2, -0.15) is 0 Å². The molecule has 468 valence electrons. The van der Waals surface area contributed by atoms with E-state index in [4.69, 9.17) is 8.83 Å². The molecule has 0 unspecified atom stereocenters. The average molecular weight is 1290 g/mol. The summed E-state index contributed by atoms with van der Waals surface area (Å²) in [6, 6.07) is 127. The maximum atomic E-state index is 7.45. The second-order valence-corrected chi connectivity index (χ2v) is 27.9. The molecule has 0 spiro atoms. The van der Waals surface area contributed by atoms with Gasteiger partial charge in [0.15, 0.2) is 0 Å². The minimum absolute atomic E-state index is 0.867. The first kappa shape index (κ1) is 55.6. The highest BCUT2D eigenvalue weighted by molar-refractivity contribution is 6.37. The highest BCUT2D eigenvalue weighted by atomic mass is 16.3. The van der Waals surface area contributed by atoms with Gasteiger partial charge in [0.25, 0.3) is 0 Å². The van der Waals surface area contributed by atoms with E-state index in [1.165, 1.54) is 174 Å². The summed E-state index contributed by atoms with van der Waals surface area (Å²) in [5.41, 5.74) is 15.3. The number of furan rings is 2. The van der Waals surface area contributed by atoms with Crippen LogP contribution >= 0.6 is 0 Å². The molecule has 23 aromatic rings. The lowest BCUT2D eigenvalue weighted by atomic mass is 9.82. The van der Waals surface area contributed by atoms with Crippen LogP contribution in [0.5, 0.6) is 0 Å². The molecule has 0 saturated carbocycles. The van der Waals surface area contributed by atoms with E-state index in [2.05, 4.69) is 340 Å². The molecule has 0 amide bonds. The molecule has 0 aliphatic heterocycles. The predicted molar refractivity (Wildman–Crippen MR) is 436 cm³/mol. The Kier molecular flexibility index (Phi) is 11.5. The molecule has 2 heterocycles. The van der Waals surface area contributed by atoms with Crippen molar-refractivity contribution < 1.29 is 8.83 Å². The molecular weight excluding hydrogens is 1230 g/mol. The number of benzene rings is 21. The third-order valence-electron chi connectivity index (χ3n) is 22.7. The second kappa shape index (κ2) is 21.1. The Balaban J connectivity index is 0.739. The Morgan fingerprint density at radius 1 is 0.147 bits per heavy atom. The number of hydrogen-bond acceptors (Lipinski definition) is 2. The zero-order valence-electron chi connectivity index (χ0n) is 55.1. The van der Waals surface area contributed by atoms with E-state index in [0.29, 0.717) is 0 Å². The Bertz CT molecular complexity index is 7540. The Morgan fingerprint density at radius 3 is 1.04 bits per heavy atom. The standard InChI is InChI=1S/C100H56O2/c1-3-24-59-54-91-88(50-57(59)22-1)98-82(42-21-43-90(98)101-91)94-77-38-17-19-40-79(77)97(80-41-20-18-39-78(80)94)87-56-86-69-31-10-9-30-68(69)85-52-61(44-47-81(85)96(86)72-33-12-11-32-70(72)87)63-48-49-83(99-89-51-58-23-2-4-25-60(58)55-92(89)102-100(63)99)95-75-36-15-13-34-73(75)93(74-35-14-16-37-76(74)95)62-45-46-71-66-28-6-5-26-64(66)65-27-7-8-29-67(65)84(71)53-62/h1-56H. The van der Waals surface area contributed by atoms with Crippen molar-refractivity contribution in [3.05, 3.63) is 340 Å². The van der Waals surface area contributed by atoms with Crippen LogP contribution < -0.4 is 0 Å². The third-order valence-corrected chi connectivity index (χ3v) is 22.7. The van der Waals surface area contributed by atoms with Crippen LogP contribution in [-0.2, 0) is 0 Å². The smallest absolute Gasteiger partial charge is 0.143 e. The fraction of sp³-hybridized carbons (Fsp3) is 0. The summed E-state index contributed by atoms with van der Waals surface area (Å²) in [7, 11) is 0. The van der Waals surface area contributed by atoms with E-state index in [-0.39, 0.29) is 0 Å². The largest absolute Gasteiger partial charge is 0.456 e. The normalized spacial score (nSPS) is 12.3. The number of hydrogen-bond donors (Lipinski definition) is 0. The lowest BCUT2D eigenvalue weighted by Gasteiger charge is -2.21. The highest BCUT2D eigenvalue weighted by Crippen LogP contribution is 2.54. The van der Waals surface area contributed by atoms with Gasteiger partial charge in [-0.25, -0.2) is 0 Å². The lowest BCUT2D eigenvalue weighted by molar-refractivity contribution is 0.669. The van der Waals surface area contributed by atoms with Gasteiger partial charge in [-0.05, 0) is 245 Å². The molecule has 21 aromatic carbocycles. The summed E-state index contributed by atoms with van der Waals surface area (Å²) in [6.07, 6.45) is 0. The molecule has 0 N–H and O–H groups in total.